The molecule has 0 aromatic carbocycles. The molecule has 0 N–H and O–H groups in total. The minimum atomic E-state index is 0.655. The van der Waals surface area contributed by atoms with Crippen molar-refractivity contribution in [3.05, 3.63) is 0 Å². The minimum absolute atomic E-state index is 0.655. The lowest BCUT2D eigenvalue weighted by atomic mass is 9.48. The molecule has 21 heavy (non-hydrogen) atoms. The van der Waals surface area contributed by atoms with Crippen LogP contribution in [0.3, 0.4) is 0 Å². The third kappa shape index (κ3) is 3.35. The summed E-state index contributed by atoms with van der Waals surface area (Å²) in [7, 11) is 0. The first kappa shape index (κ1) is 17.4. The molecule has 2 rings (SSSR count). The Morgan fingerprint density at radius 3 is 1.52 bits per heavy atom. The molecular formula is C21H40. The highest BCUT2D eigenvalue weighted by atomic mass is 14.6. The van der Waals surface area contributed by atoms with Gasteiger partial charge in [-0.2, -0.15) is 0 Å². The lowest BCUT2D eigenvalue weighted by molar-refractivity contribution is -0.0748. The van der Waals surface area contributed by atoms with Crippen LogP contribution in [-0.4, -0.2) is 0 Å². The van der Waals surface area contributed by atoms with Crippen LogP contribution >= 0.6 is 0 Å². The molecule has 2 aliphatic carbocycles. The molecule has 0 aromatic rings. The van der Waals surface area contributed by atoms with E-state index in [-0.39, 0.29) is 0 Å². The van der Waals surface area contributed by atoms with Crippen molar-refractivity contribution in [2.75, 3.05) is 0 Å². The van der Waals surface area contributed by atoms with Crippen LogP contribution < -0.4 is 0 Å². The van der Waals surface area contributed by atoms with Crippen LogP contribution in [-0.2, 0) is 0 Å². The predicted octanol–water partition coefficient (Wildman–Crippen LogP) is 6.94. The van der Waals surface area contributed by atoms with E-state index in [0.29, 0.717) is 5.41 Å². The Balaban J connectivity index is 2.38. The molecule has 2 fully saturated rings. The van der Waals surface area contributed by atoms with Gasteiger partial charge in [-0.1, -0.05) is 67.2 Å². The van der Waals surface area contributed by atoms with E-state index < -0.39 is 0 Å². The maximum Gasteiger partial charge on any atom is -0.0241 e. The quantitative estimate of drug-likeness (QED) is 0.526. The molecular weight excluding hydrogens is 252 g/mol. The van der Waals surface area contributed by atoms with E-state index in [4.69, 9.17) is 0 Å². The molecule has 0 saturated heterocycles. The summed E-state index contributed by atoms with van der Waals surface area (Å²) in [6, 6.07) is 0. The molecule has 0 heterocycles. The molecule has 2 atom stereocenters. The third-order valence-electron chi connectivity index (χ3n) is 7.31. The number of hydrogen-bond acceptors (Lipinski definition) is 0. The van der Waals surface area contributed by atoms with Crippen LogP contribution in [0, 0.1) is 40.9 Å². The predicted molar refractivity (Wildman–Crippen MR) is 94.4 cm³/mol. The van der Waals surface area contributed by atoms with Gasteiger partial charge in [0.05, 0.1) is 0 Å². The zero-order valence-corrected chi connectivity index (χ0v) is 15.6. The molecule has 0 aromatic heterocycles. The van der Waals surface area contributed by atoms with Crippen LogP contribution in [0.25, 0.3) is 0 Å². The van der Waals surface area contributed by atoms with E-state index in [1.165, 1.54) is 51.4 Å². The average molecular weight is 293 g/mol. The summed E-state index contributed by atoms with van der Waals surface area (Å²) in [6.07, 6.45) is 12.0. The summed E-state index contributed by atoms with van der Waals surface area (Å²) in [5.41, 5.74) is 0.655. The fourth-order valence-electron chi connectivity index (χ4n) is 6.12. The Morgan fingerprint density at radius 2 is 1.14 bits per heavy atom. The van der Waals surface area contributed by atoms with E-state index in [1.54, 1.807) is 0 Å². The van der Waals surface area contributed by atoms with Gasteiger partial charge >= 0.3 is 0 Å². The second-order valence-corrected chi connectivity index (χ2v) is 9.22. The van der Waals surface area contributed by atoms with Gasteiger partial charge in [0.25, 0.3) is 0 Å². The SMILES string of the molecule is CC(C)C1CCCC(C(C)C)C1C1(C(C)C)CCCCC1. The van der Waals surface area contributed by atoms with Crippen molar-refractivity contribution < 1.29 is 0 Å². The van der Waals surface area contributed by atoms with Gasteiger partial charge in [0, 0.05) is 0 Å². The van der Waals surface area contributed by atoms with Crippen molar-refractivity contribution >= 4 is 0 Å². The largest absolute Gasteiger partial charge is 0.0625 e. The van der Waals surface area contributed by atoms with Crippen molar-refractivity contribution in [3.63, 3.8) is 0 Å². The first-order chi connectivity index (χ1) is 9.90. The summed E-state index contributed by atoms with van der Waals surface area (Å²) >= 11 is 0. The van der Waals surface area contributed by atoms with Crippen molar-refractivity contribution in [3.8, 4) is 0 Å². The van der Waals surface area contributed by atoms with Gasteiger partial charge in [-0.05, 0) is 66.6 Å². The monoisotopic (exact) mass is 292 g/mol. The fourth-order valence-corrected chi connectivity index (χ4v) is 6.12. The fraction of sp³-hybridized carbons (Fsp3) is 1.00. The molecule has 124 valence electrons. The Bertz CT molecular complexity index is 290. The topological polar surface area (TPSA) is 0 Å². The van der Waals surface area contributed by atoms with E-state index in [9.17, 15) is 0 Å². The van der Waals surface area contributed by atoms with Gasteiger partial charge in [-0.15, -0.1) is 0 Å². The van der Waals surface area contributed by atoms with Crippen LogP contribution in [0.5, 0.6) is 0 Å². The second kappa shape index (κ2) is 7.05. The molecule has 0 bridgehead atoms. The molecule has 0 radical (unpaired) electrons. The molecule has 2 unspecified atom stereocenters. The lowest BCUT2D eigenvalue weighted by Gasteiger charge is -2.56. The lowest BCUT2D eigenvalue weighted by Crippen LogP contribution is -2.49. The Kier molecular flexibility index (Phi) is 5.83. The highest BCUT2D eigenvalue weighted by molar-refractivity contribution is 4.99. The average Bonchev–Trinajstić information content (AvgIpc) is 2.46. The summed E-state index contributed by atoms with van der Waals surface area (Å²) < 4.78 is 0. The molecule has 2 aliphatic rings. The second-order valence-electron chi connectivity index (χ2n) is 9.22. The maximum absolute atomic E-state index is 2.54. The summed E-state index contributed by atoms with van der Waals surface area (Å²) in [5, 5.41) is 0. The molecule has 0 heteroatoms. The van der Waals surface area contributed by atoms with Gasteiger partial charge < -0.3 is 0 Å². The van der Waals surface area contributed by atoms with Crippen molar-refractivity contribution in [1.29, 1.82) is 0 Å². The smallest absolute Gasteiger partial charge is 0.0241 e. The molecule has 2 saturated carbocycles. The normalized spacial score (nSPS) is 33.9. The molecule has 0 aliphatic heterocycles. The first-order valence-corrected chi connectivity index (χ1v) is 9.90. The zero-order chi connectivity index (χ0) is 15.6. The Morgan fingerprint density at radius 1 is 0.667 bits per heavy atom. The number of rotatable bonds is 4. The van der Waals surface area contributed by atoms with Crippen molar-refractivity contribution in [1.82, 2.24) is 0 Å². The highest BCUT2D eigenvalue weighted by Gasteiger charge is 2.50. The van der Waals surface area contributed by atoms with E-state index in [1.807, 2.05) is 0 Å². The Labute approximate surface area is 134 Å². The van der Waals surface area contributed by atoms with Crippen molar-refractivity contribution in [2.45, 2.75) is 92.9 Å². The minimum Gasteiger partial charge on any atom is -0.0625 e. The standard InChI is InChI=1S/C21H40/c1-15(2)18-11-10-12-19(16(3)4)20(18)21(17(5)6)13-8-7-9-14-21/h15-20H,7-14H2,1-6H3. The van der Waals surface area contributed by atoms with Crippen LogP contribution in [0.15, 0.2) is 0 Å². The van der Waals surface area contributed by atoms with Crippen LogP contribution in [0.1, 0.15) is 92.9 Å². The third-order valence-corrected chi connectivity index (χ3v) is 7.31. The van der Waals surface area contributed by atoms with E-state index >= 15 is 0 Å². The molecule has 0 amide bonds. The van der Waals surface area contributed by atoms with Crippen LogP contribution in [0.4, 0.5) is 0 Å². The van der Waals surface area contributed by atoms with E-state index in [2.05, 4.69) is 41.5 Å². The van der Waals surface area contributed by atoms with E-state index in [0.717, 1.165) is 35.5 Å². The first-order valence-electron chi connectivity index (χ1n) is 9.90. The zero-order valence-electron chi connectivity index (χ0n) is 15.6. The maximum atomic E-state index is 2.54. The van der Waals surface area contributed by atoms with Crippen molar-refractivity contribution in [2.24, 2.45) is 40.9 Å². The van der Waals surface area contributed by atoms with Gasteiger partial charge in [-0.3, -0.25) is 0 Å². The van der Waals surface area contributed by atoms with Gasteiger partial charge in [-0.25, -0.2) is 0 Å². The summed E-state index contributed by atoms with van der Waals surface area (Å²) in [4.78, 5) is 0. The highest BCUT2D eigenvalue weighted by Crippen LogP contribution is 2.59. The number of hydrogen-bond donors (Lipinski definition) is 0. The molecule has 0 nitrogen and oxygen atoms in total. The van der Waals surface area contributed by atoms with Gasteiger partial charge in [0.1, 0.15) is 0 Å². The summed E-state index contributed by atoms with van der Waals surface area (Å²) in [5.74, 6) is 5.55. The Hall–Kier alpha value is 0. The van der Waals surface area contributed by atoms with Gasteiger partial charge in [0.15, 0.2) is 0 Å². The van der Waals surface area contributed by atoms with Crippen LogP contribution in [0.2, 0.25) is 0 Å². The summed E-state index contributed by atoms with van der Waals surface area (Å²) in [6.45, 7) is 15.1. The van der Waals surface area contributed by atoms with Gasteiger partial charge in [0.2, 0.25) is 0 Å². The molecule has 0 spiro atoms.